The zero-order valence-electron chi connectivity index (χ0n) is 16.7. The Balaban J connectivity index is 1.30. The van der Waals surface area contributed by atoms with Gasteiger partial charge in [-0.1, -0.05) is 12.1 Å². The van der Waals surface area contributed by atoms with Crippen molar-refractivity contribution in [2.45, 2.75) is 38.4 Å². The molecule has 1 aromatic rings. The highest BCUT2D eigenvalue weighted by Gasteiger charge is 2.33. The lowest BCUT2D eigenvalue weighted by Gasteiger charge is -2.36. The van der Waals surface area contributed by atoms with E-state index in [1.165, 1.54) is 0 Å². The first-order chi connectivity index (χ1) is 14.0. The van der Waals surface area contributed by atoms with Crippen LogP contribution in [-0.4, -0.2) is 79.1 Å². The minimum Gasteiger partial charge on any atom is -0.479 e. The molecule has 8 heteroatoms. The van der Waals surface area contributed by atoms with Crippen molar-refractivity contribution >= 4 is 23.4 Å². The van der Waals surface area contributed by atoms with Crippen molar-refractivity contribution in [3.8, 4) is 5.75 Å². The summed E-state index contributed by atoms with van der Waals surface area (Å²) in [5, 5.41) is 0. The summed E-state index contributed by atoms with van der Waals surface area (Å²) in [7, 11) is 0. The van der Waals surface area contributed by atoms with Gasteiger partial charge < -0.3 is 24.2 Å². The Hall–Kier alpha value is -2.61. The number of hydrogen-bond donors (Lipinski definition) is 0. The molecule has 0 aromatic heterocycles. The topological polar surface area (TPSA) is 79.4 Å². The smallest absolute Gasteiger partial charge is 0.267 e. The van der Waals surface area contributed by atoms with Gasteiger partial charge in [0.15, 0.2) is 6.10 Å². The fourth-order valence-electron chi connectivity index (χ4n) is 4.11. The summed E-state index contributed by atoms with van der Waals surface area (Å²) in [5.74, 6) is 0.564. The summed E-state index contributed by atoms with van der Waals surface area (Å²) in [5.41, 5.74) is 0.704. The quantitative estimate of drug-likeness (QED) is 0.753. The van der Waals surface area contributed by atoms with Gasteiger partial charge in [0.25, 0.3) is 11.8 Å². The van der Waals surface area contributed by atoms with E-state index < -0.39 is 6.10 Å². The van der Waals surface area contributed by atoms with Crippen LogP contribution < -0.4 is 9.64 Å². The van der Waals surface area contributed by atoms with Gasteiger partial charge in [-0.3, -0.25) is 14.4 Å². The van der Waals surface area contributed by atoms with Crippen molar-refractivity contribution < 1.29 is 23.9 Å². The number of ether oxygens (including phenoxy) is 2. The van der Waals surface area contributed by atoms with Crippen LogP contribution in [-0.2, 0) is 19.1 Å². The van der Waals surface area contributed by atoms with E-state index >= 15 is 0 Å². The van der Waals surface area contributed by atoms with Crippen molar-refractivity contribution in [3.63, 3.8) is 0 Å². The second kappa shape index (κ2) is 8.41. The molecule has 2 atom stereocenters. The molecule has 0 radical (unpaired) electrons. The van der Waals surface area contributed by atoms with Crippen molar-refractivity contribution in [3.05, 3.63) is 24.3 Å². The molecular formula is C21H27N3O5. The number of benzene rings is 1. The Bertz CT molecular complexity index is 784. The fraction of sp³-hybridized carbons (Fsp3) is 0.571. The lowest BCUT2D eigenvalue weighted by atomic mass is 10.1. The second-order valence-electron chi connectivity index (χ2n) is 7.68. The Morgan fingerprint density at radius 3 is 2.55 bits per heavy atom. The summed E-state index contributed by atoms with van der Waals surface area (Å²) >= 11 is 0. The van der Waals surface area contributed by atoms with E-state index in [0.717, 1.165) is 12.8 Å². The summed E-state index contributed by atoms with van der Waals surface area (Å²) < 4.78 is 11.1. The third-order valence-corrected chi connectivity index (χ3v) is 5.77. The van der Waals surface area contributed by atoms with Crippen LogP contribution in [0.2, 0.25) is 0 Å². The van der Waals surface area contributed by atoms with Gasteiger partial charge in [0.1, 0.15) is 11.9 Å². The van der Waals surface area contributed by atoms with Crippen LogP contribution in [0.5, 0.6) is 5.75 Å². The highest BCUT2D eigenvalue weighted by atomic mass is 16.5. The average Bonchev–Trinajstić information content (AvgIpc) is 3.28. The lowest BCUT2D eigenvalue weighted by Crippen LogP contribution is -2.53. The van der Waals surface area contributed by atoms with E-state index in [0.29, 0.717) is 50.8 Å². The van der Waals surface area contributed by atoms with Crippen LogP contribution in [0.3, 0.4) is 0 Å². The van der Waals surface area contributed by atoms with Gasteiger partial charge in [-0.15, -0.1) is 0 Å². The van der Waals surface area contributed by atoms with E-state index in [1.807, 2.05) is 24.3 Å². The normalized spacial score (nSPS) is 24.3. The first-order valence-corrected chi connectivity index (χ1v) is 10.3. The predicted molar refractivity (Wildman–Crippen MR) is 106 cm³/mol. The molecule has 8 nitrogen and oxygen atoms in total. The lowest BCUT2D eigenvalue weighted by molar-refractivity contribution is -0.146. The number of amides is 3. The van der Waals surface area contributed by atoms with Gasteiger partial charge in [-0.25, -0.2) is 0 Å². The van der Waals surface area contributed by atoms with Crippen molar-refractivity contribution in [2.75, 3.05) is 44.2 Å². The first kappa shape index (κ1) is 19.7. The van der Waals surface area contributed by atoms with Crippen LogP contribution in [0, 0.1) is 0 Å². The molecule has 3 heterocycles. The van der Waals surface area contributed by atoms with Crippen LogP contribution in [0.4, 0.5) is 5.69 Å². The van der Waals surface area contributed by atoms with Gasteiger partial charge in [0.2, 0.25) is 5.91 Å². The van der Waals surface area contributed by atoms with Gasteiger partial charge in [0, 0.05) is 45.8 Å². The van der Waals surface area contributed by atoms with Gasteiger partial charge in [-0.05, 0) is 31.9 Å². The molecule has 0 N–H and O–H groups in total. The van der Waals surface area contributed by atoms with E-state index in [-0.39, 0.29) is 30.2 Å². The number of anilines is 1. The minimum atomic E-state index is -0.563. The van der Waals surface area contributed by atoms with Crippen LogP contribution in [0.1, 0.15) is 26.2 Å². The van der Waals surface area contributed by atoms with E-state index in [1.54, 1.807) is 21.6 Å². The Morgan fingerprint density at radius 1 is 1.10 bits per heavy atom. The molecule has 2 unspecified atom stereocenters. The zero-order chi connectivity index (χ0) is 20.4. The standard InChI is InChI=1S/C21H27N3O5/c1-15-20(26)24(16-5-2-3-6-17(16)29-15)9-8-19(25)22-10-12-23(13-11-22)21(27)18-7-4-14-28-18/h2-3,5-6,15,18H,4,7-14H2,1H3. The largest absolute Gasteiger partial charge is 0.479 e. The zero-order valence-corrected chi connectivity index (χ0v) is 16.7. The number of rotatable bonds is 4. The summed E-state index contributed by atoms with van der Waals surface area (Å²) in [6, 6.07) is 7.38. The third kappa shape index (κ3) is 4.07. The molecule has 2 saturated heterocycles. The number of nitrogens with zero attached hydrogens (tertiary/aromatic N) is 3. The number of hydrogen-bond acceptors (Lipinski definition) is 5. The molecule has 0 spiro atoms. The maximum absolute atomic E-state index is 12.7. The molecule has 0 bridgehead atoms. The van der Waals surface area contributed by atoms with Gasteiger partial charge in [-0.2, -0.15) is 0 Å². The van der Waals surface area contributed by atoms with Crippen LogP contribution >= 0.6 is 0 Å². The maximum Gasteiger partial charge on any atom is 0.267 e. The number of fused-ring (bicyclic) bond motifs is 1. The molecule has 3 aliphatic heterocycles. The Labute approximate surface area is 170 Å². The van der Waals surface area contributed by atoms with E-state index in [4.69, 9.17) is 9.47 Å². The average molecular weight is 401 g/mol. The summed E-state index contributed by atoms with van der Waals surface area (Å²) in [6.07, 6.45) is 1.08. The molecule has 0 saturated carbocycles. The fourth-order valence-corrected chi connectivity index (χ4v) is 4.11. The highest BCUT2D eigenvalue weighted by Crippen LogP contribution is 2.33. The SMILES string of the molecule is CC1Oc2ccccc2N(CCC(=O)N2CCN(C(=O)C3CCCO3)CC2)C1=O. The monoisotopic (exact) mass is 401 g/mol. The number of piperazine rings is 1. The summed E-state index contributed by atoms with van der Waals surface area (Å²) in [4.78, 5) is 42.9. The van der Waals surface area contributed by atoms with Crippen LogP contribution in [0.25, 0.3) is 0 Å². The third-order valence-electron chi connectivity index (χ3n) is 5.77. The molecule has 29 heavy (non-hydrogen) atoms. The molecule has 4 rings (SSSR count). The van der Waals surface area contributed by atoms with Gasteiger partial charge in [0.05, 0.1) is 5.69 Å². The van der Waals surface area contributed by atoms with Crippen LogP contribution in [0.15, 0.2) is 24.3 Å². The Kier molecular flexibility index (Phi) is 5.71. The molecule has 0 aliphatic carbocycles. The maximum atomic E-state index is 12.7. The van der Waals surface area contributed by atoms with E-state index in [2.05, 4.69) is 0 Å². The van der Waals surface area contributed by atoms with E-state index in [9.17, 15) is 14.4 Å². The minimum absolute atomic E-state index is 0.00126. The first-order valence-electron chi connectivity index (χ1n) is 10.3. The van der Waals surface area contributed by atoms with Crippen molar-refractivity contribution in [2.24, 2.45) is 0 Å². The number of carbonyl (C=O) groups excluding carboxylic acids is 3. The number of carbonyl (C=O) groups is 3. The molecule has 2 fully saturated rings. The molecule has 3 aliphatic rings. The van der Waals surface area contributed by atoms with Gasteiger partial charge >= 0.3 is 0 Å². The Morgan fingerprint density at radius 2 is 1.83 bits per heavy atom. The molecule has 3 amide bonds. The predicted octanol–water partition coefficient (Wildman–Crippen LogP) is 1.04. The number of para-hydroxylation sites is 2. The molecular weight excluding hydrogens is 374 g/mol. The summed E-state index contributed by atoms with van der Waals surface area (Å²) in [6.45, 7) is 4.77. The van der Waals surface area contributed by atoms with Crippen molar-refractivity contribution in [1.82, 2.24) is 9.80 Å². The molecule has 1 aromatic carbocycles. The molecule has 156 valence electrons. The second-order valence-corrected chi connectivity index (χ2v) is 7.68. The highest BCUT2D eigenvalue weighted by molar-refractivity contribution is 6.00. The van der Waals surface area contributed by atoms with Crippen molar-refractivity contribution in [1.29, 1.82) is 0 Å².